The van der Waals surface area contributed by atoms with Crippen LogP contribution in [0.4, 0.5) is 0 Å². The molecule has 2 N–H and O–H groups in total. The Hall–Kier alpha value is -0.570. The summed E-state index contributed by atoms with van der Waals surface area (Å²) in [6, 6.07) is 0.0863. The molecule has 2 aliphatic rings. The van der Waals surface area contributed by atoms with E-state index in [1.165, 1.54) is 12.8 Å². The van der Waals surface area contributed by atoms with Crippen molar-refractivity contribution in [1.82, 2.24) is 4.90 Å². The molecule has 0 radical (unpaired) electrons. The molecule has 1 saturated heterocycles. The van der Waals surface area contributed by atoms with Crippen LogP contribution in [0.5, 0.6) is 0 Å². The average molecular weight is 266 g/mol. The van der Waals surface area contributed by atoms with E-state index in [2.05, 4.69) is 25.7 Å². The van der Waals surface area contributed by atoms with Gasteiger partial charge in [-0.15, -0.1) is 0 Å². The van der Waals surface area contributed by atoms with Gasteiger partial charge in [-0.1, -0.05) is 27.2 Å². The Kier molecular flexibility index (Phi) is 4.54. The minimum Gasteiger partial charge on any atom is -0.342 e. The van der Waals surface area contributed by atoms with Crippen molar-refractivity contribution in [3.8, 4) is 0 Å². The zero-order valence-electron chi connectivity index (χ0n) is 12.8. The van der Waals surface area contributed by atoms with Crippen LogP contribution in [0.1, 0.15) is 59.3 Å². The van der Waals surface area contributed by atoms with Gasteiger partial charge in [0.1, 0.15) is 0 Å². The van der Waals surface area contributed by atoms with Gasteiger partial charge in [-0.3, -0.25) is 4.79 Å². The summed E-state index contributed by atoms with van der Waals surface area (Å²) in [6.45, 7) is 8.72. The van der Waals surface area contributed by atoms with Crippen LogP contribution < -0.4 is 5.73 Å². The number of rotatable bonds is 2. The molecule has 19 heavy (non-hydrogen) atoms. The first-order valence-corrected chi connectivity index (χ1v) is 7.99. The molecule has 2 rings (SSSR count). The second-order valence-electron chi connectivity index (χ2n) is 7.18. The van der Waals surface area contributed by atoms with Crippen LogP contribution in [0.2, 0.25) is 0 Å². The quantitative estimate of drug-likeness (QED) is 0.835. The minimum absolute atomic E-state index is 0.0785. The molecule has 1 saturated carbocycles. The summed E-state index contributed by atoms with van der Waals surface area (Å²) in [5.74, 6) is 1.06. The number of nitrogens with zero attached hydrogens (tertiary/aromatic N) is 1. The van der Waals surface area contributed by atoms with Gasteiger partial charge in [0.05, 0.1) is 5.92 Å². The Balaban J connectivity index is 1.93. The van der Waals surface area contributed by atoms with Crippen molar-refractivity contribution in [2.45, 2.75) is 65.3 Å². The molecule has 0 bridgehead atoms. The van der Waals surface area contributed by atoms with E-state index < -0.39 is 0 Å². The number of hydrogen-bond acceptors (Lipinski definition) is 2. The van der Waals surface area contributed by atoms with Crippen molar-refractivity contribution in [3.63, 3.8) is 0 Å². The van der Waals surface area contributed by atoms with Crippen molar-refractivity contribution >= 4 is 5.91 Å². The summed E-state index contributed by atoms with van der Waals surface area (Å²) in [7, 11) is 0. The third kappa shape index (κ3) is 3.31. The molecule has 1 heterocycles. The summed E-state index contributed by atoms with van der Waals surface area (Å²) in [6.07, 6.45) is 6.69. The first kappa shape index (κ1) is 14.8. The van der Waals surface area contributed by atoms with Crippen LogP contribution in [0.25, 0.3) is 0 Å². The molecule has 110 valence electrons. The van der Waals surface area contributed by atoms with Gasteiger partial charge in [0.2, 0.25) is 5.91 Å². The average Bonchev–Trinajstić information content (AvgIpc) is 2.42. The maximum absolute atomic E-state index is 12.7. The zero-order valence-corrected chi connectivity index (χ0v) is 12.8. The number of hydrogen-bond donors (Lipinski definition) is 1. The number of piperidine rings is 1. The molecular formula is C16H30N2O. The molecule has 1 amide bonds. The van der Waals surface area contributed by atoms with Crippen LogP contribution in [0, 0.1) is 17.3 Å². The summed E-state index contributed by atoms with van der Waals surface area (Å²) in [4.78, 5) is 14.7. The Labute approximate surface area is 117 Å². The van der Waals surface area contributed by atoms with Crippen molar-refractivity contribution in [2.75, 3.05) is 13.1 Å². The van der Waals surface area contributed by atoms with E-state index in [1.54, 1.807) is 0 Å². The van der Waals surface area contributed by atoms with Gasteiger partial charge in [0, 0.05) is 19.1 Å². The second kappa shape index (κ2) is 5.82. The first-order valence-electron chi connectivity index (χ1n) is 7.99. The number of amides is 1. The van der Waals surface area contributed by atoms with Crippen molar-refractivity contribution in [2.24, 2.45) is 23.0 Å². The molecule has 1 aliphatic carbocycles. The lowest BCUT2D eigenvalue weighted by molar-refractivity contribution is -0.140. The van der Waals surface area contributed by atoms with Crippen LogP contribution in [-0.2, 0) is 4.79 Å². The molecule has 3 heteroatoms. The third-order valence-corrected chi connectivity index (χ3v) is 5.62. The van der Waals surface area contributed by atoms with E-state index in [4.69, 9.17) is 5.73 Å². The van der Waals surface area contributed by atoms with Crippen molar-refractivity contribution in [3.05, 3.63) is 0 Å². The second-order valence-corrected chi connectivity index (χ2v) is 7.18. The maximum Gasteiger partial charge on any atom is 0.227 e. The molecule has 0 aromatic rings. The Morgan fingerprint density at radius 2 is 1.95 bits per heavy atom. The van der Waals surface area contributed by atoms with E-state index in [9.17, 15) is 4.79 Å². The highest BCUT2D eigenvalue weighted by atomic mass is 16.2. The Morgan fingerprint density at radius 3 is 2.53 bits per heavy atom. The third-order valence-electron chi connectivity index (χ3n) is 5.62. The van der Waals surface area contributed by atoms with E-state index in [1.807, 2.05) is 0 Å². The van der Waals surface area contributed by atoms with Crippen molar-refractivity contribution in [1.29, 1.82) is 0 Å². The molecule has 1 aliphatic heterocycles. The van der Waals surface area contributed by atoms with Crippen LogP contribution in [0.15, 0.2) is 0 Å². The smallest absolute Gasteiger partial charge is 0.227 e. The van der Waals surface area contributed by atoms with Gasteiger partial charge >= 0.3 is 0 Å². The topological polar surface area (TPSA) is 46.3 Å². The highest BCUT2D eigenvalue weighted by Crippen LogP contribution is 2.36. The van der Waals surface area contributed by atoms with E-state index >= 15 is 0 Å². The predicted octanol–water partition coefficient (Wildman–Crippen LogP) is 2.79. The lowest BCUT2D eigenvalue weighted by atomic mass is 9.76. The van der Waals surface area contributed by atoms with E-state index in [0.29, 0.717) is 17.2 Å². The highest BCUT2D eigenvalue weighted by molar-refractivity contribution is 5.79. The molecular weight excluding hydrogens is 236 g/mol. The zero-order chi connectivity index (χ0) is 14.0. The van der Waals surface area contributed by atoms with Gasteiger partial charge in [-0.2, -0.15) is 0 Å². The Morgan fingerprint density at radius 1 is 1.32 bits per heavy atom. The fraction of sp³-hybridized carbons (Fsp3) is 0.938. The SMILES string of the molecule is CCC1(C)CCN(C(=O)C2CC(C)CCC2N)CC1. The monoisotopic (exact) mass is 266 g/mol. The normalized spacial score (nSPS) is 35.2. The summed E-state index contributed by atoms with van der Waals surface area (Å²) >= 11 is 0. The lowest BCUT2D eigenvalue weighted by Crippen LogP contribution is -2.50. The maximum atomic E-state index is 12.7. The summed E-state index contributed by atoms with van der Waals surface area (Å²) < 4.78 is 0. The highest BCUT2D eigenvalue weighted by Gasteiger charge is 2.37. The van der Waals surface area contributed by atoms with Crippen molar-refractivity contribution < 1.29 is 4.79 Å². The van der Waals surface area contributed by atoms with E-state index in [0.717, 1.165) is 38.8 Å². The molecule has 0 aromatic carbocycles. The predicted molar refractivity (Wildman–Crippen MR) is 78.7 cm³/mol. The van der Waals surface area contributed by atoms with Gasteiger partial charge in [-0.25, -0.2) is 0 Å². The number of carbonyl (C=O) groups is 1. The minimum atomic E-state index is 0.0785. The van der Waals surface area contributed by atoms with E-state index in [-0.39, 0.29) is 12.0 Å². The van der Waals surface area contributed by atoms with Gasteiger partial charge in [0.25, 0.3) is 0 Å². The number of likely N-dealkylation sites (tertiary alicyclic amines) is 1. The number of carbonyl (C=O) groups excluding carboxylic acids is 1. The summed E-state index contributed by atoms with van der Waals surface area (Å²) in [5.41, 5.74) is 6.62. The molecule has 0 spiro atoms. The molecule has 2 fully saturated rings. The molecule has 3 atom stereocenters. The molecule has 0 aromatic heterocycles. The van der Waals surface area contributed by atoms with Gasteiger partial charge in [-0.05, 0) is 43.4 Å². The van der Waals surface area contributed by atoms with Gasteiger partial charge in [0.15, 0.2) is 0 Å². The first-order chi connectivity index (χ1) is 8.95. The largest absolute Gasteiger partial charge is 0.342 e. The number of nitrogens with two attached hydrogens (primary N) is 1. The standard InChI is InChI=1S/C16H30N2O/c1-4-16(3)7-9-18(10-8-16)15(19)13-11-12(2)5-6-14(13)17/h12-14H,4-11,17H2,1-3H3. The van der Waals surface area contributed by atoms with Gasteiger partial charge < -0.3 is 10.6 Å². The van der Waals surface area contributed by atoms with Crippen LogP contribution in [0.3, 0.4) is 0 Å². The molecule has 3 unspecified atom stereocenters. The van der Waals surface area contributed by atoms with Crippen LogP contribution in [-0.4, -0.2) is 29.9 Å². The van der Waals surface area contributed by atoms with Crippen LogP contribution >= 0.6 is 0 Å². The molecule has 3 nitrogen and oxygen atoms in total. The summed E-state index contributed by atoms with van der Waals surface area (Å²) in [5, 5.41) is 0. The fourth-order valence-electron chi connectivity index (χ4n) is 3.54. The lowest BCUT2D eigenvalue weighted by Gasteiger charge is -2.42. The Bertz CT molecular complexity index is 321. The fourth-order valence-corrected chi connectivity index (χ4v) is 3.54.